The third-order valence-corrected chi connectivity index (χ3v) is 5.35. The van der Waals surface area contributed by atoms with Crippen molar-refractivity contribution in [3.8, 4) is 5.75 Å². The van der Waals surface area contributed by atoms with Crippen molar-refractivity contribution in [3.63, 3.8) is 0 Å². The maximum absolute atomic E-state index is 12.4. The smallest absolute Gasteiger partial charge is 0.262 e. The number of likely N-dealkylation sites (N-methyl/N-ethyl adjacent to an activating group) is 1. The Kier molecular flexibility index (Phi) is 6.87. The quantitative estimate of drug-likeness (QED) is 0.694. The summed E-state index contributed by atoms with van der Waals surface area (Å²) in [5, 5.41) is 3.92. The summed E-state index contributed by atoms with van der Waals surface area (Å²) in [5.74, 6) is 0.187. The van der Waals surface area contributed by atoms with Gasteiger partial charge in [-0.15, -0.1) is 0 Å². The Morgan fingerprint density at radius 3 is 2.59 bits per heavy atom. The van der Waals surface area contributed by atoms with E-state index >= 15 is 0 Å². The Bertz CT molecular complexity index is 827. The van der Waals surface area contributed by atoms with E-state index in [0.717, 1.165) is 36.3 Å². The van der Waals surface area contributed by atoms with Gasteiger partial charge < -0.3 is 19.9 Å². The molecule has 0 unspecified atom stereocenters. The molecule has 0 bridgehead atoms. The third-order valence-electron chi connectivity index (χ3n) is 4.33. The molecule has 0 aliphatic carbocycles. The molecule has 0 atom stereocenters. The van der Waals surface area contributed by atoms with Crippen LogP contribution in [-0.4, -0.2) is 50.6 Å². The predicted octanol–water partition coefficient (Wildman–Crippen LogP) is 4.53. The van der Waals surface area contributed by atoms with Gasteiger partial charge in [-0.2, -0.15) is 0 Å². The fraction of sp³-hybridized carbons (Fsp3) is 0.316. The van der Waals surface area contributed by atoms with Crippen LogP contribution < -0.4 is 15.0 Å². The standard InChI is InChI=1S/C19H20BrCl2N3O2/c1-24-6-8-25(9-7-24)17-4-3-14(21)11-16(17)23-19(26)12-27-18-5-2-13(20)10-15(18)22/h2-5,10-11H,6-9,12H2,1H3,(H,23,26). The zero-order valence-corrected chi connectivity index (χ0v) is 17.9. The molecule has 1 aliphatic heterocycles. The van der Waals surface area contributed by atoms with Crippen molar-refractivity contribution < 1.29 is 9.53 Å². The van der Waals surface area contributed by atoms with Gasteiger partial charge in [-0.1, -0.05) is 39.1 Å². The van der Waals surface area contributed by atoms with Crippen LogP contribution >= 0.6 is 39.1 Å². The summed E-state index contributed by atoms with van der Waals surface area (Å²) in [6.07, 6.45) is 0. The van der Waals surface area contributed by atoms with Gasteiger partial charge in [0.1, 0.15) is 5.75 Å². The maximum Gasteiger partial charge on any atom is 0.262 e. The number of halogens is 3. The van der Waals surface area contributed by atoms with Crippen LogP contribution in [0.25, 0.3) is 0 Å². The van der Waals surface area contributed by atoms with E-state index in [-0.39, 0.29) is 12.5 Å². The van der Waals surface area contributed by atoms with E-state index in [2.05, 4.69) is 38.1 Å². The first-order valence-electron chi connectivity index (χ1n) is 8.53. The van der Waals surface area contributed by atoms with Gasteiger partial charge in [0.2, 0.25) is 0 Å². The summed E-state index contributed by atoms with van der Waals surface area (Å²) in [6.45, 7) is 3.59. The van der Waals surface area contributed by atoms with Crippen LogP contribution in [0.5, 0.6) is 5.75 Å². The lowest BCUT2D eigenvalue weighted by molar-refractivity contribution is -0.118. The number of nitrogens with one attached hydrogen (secondary N) is 1. The minimum atomic E-state index is -0.272. The lowest BCUT2D eigenvalue weighted by atomic mass is 10.2. The van der Waals surface area contributed by atoms with Crippen LogP contribution in [0, 0.1) is 0 Å². The highest BCUT2D eigenvalue weighted by Crippen LogP contribution is 2.30. The average molecular weight is 473 g/mol. The molecule has 1 heterocycles. The van der Waals surface area contributed by atoms with Crippen molar-refractivity contribution in [1.29, 1.82) is 0 Å². The molecule has 0 radical (unpaired) electrons. The molecule has 144 valence electrons. The maximum atomic E-state index is 12.4. The Morgan fingerprint density at radius 1 is 1.15 bits per heavy atom. The number of carbonyl (C=O) groups is 1. The molecule has 2 aromatic rings. The van der Waals surface area contributed by atoms with E-state index in [1.54, 1.807) is 18.2 Å². The van der Waals surface area contributed by atoms with Crippen molar-refractivity contribution in [2.75, 3.05) is 50.1 Å². The molecule has 8 heteroatoms. The van der Waals surface area contributed by atoms with Crippen LogP contribution in [0.3, 0.4) is 0 Å². The fourth-order valence-corrected chi connectivity index (χ4v) is 3.75. The Morgan fingerprint density at radius 2 is 1.89 bits per heavy atom. The van der Waals surface area contributed by atoms with E-state index in [9.17, 15) is 4.79 Å². The molecular weight excluding hydrogens is 453 g/mol. The van der Waals surface area contributed by atoms with E-state index in [1.165, 1.54) is 0 Å². The molecule has 0 spiro atoms. The Labute approximate surface area is 177 Å². The summed E-state index contributed by atoms with van der Waals surface area (Å²) in [6, 6.07) is 10.8. The van der Waals surface area contributed by atoms with Crippen molar-refractivity contribution in [2.45, 2.75) is 0 Å². The molecule has 1 N–H and O–H groups in total. The summed E-state index contributed by atoms with van der Waals surface area (Å²) < 4.78 is 6.38. The topological polar surface area (TPSA) is 44.8 Å². The highest BCUT2D eigenvalue weighted by Gasteiger charge is 2.18. The second-order valence-electron chi connectivity index (χ2n) is 6.36. The van der Waals surface area contributed by atoms with Gasteiger partial charge in [0.15, 0.2) is 6.61 Å². The summed E-state index contributed by atoms with van der Waals surface area (Å²) in [4.78, 5) is 16.9. The Balaban J connectivity index is 1.67. The summed E-state index contributed by atoms with van der Waals surface area (Å²) in [5.41, 5.74) is 1.64. The average Bonchev–Trinajstić information content (AvgIpc) is 2.62. The minimum Gasteiger partial charge on any atom is -0.482 e. The second-order valence-corrected chi connectivity index (χ2v) is 8.12. The van der Waals surface area contributed by atoms with Gasteiger partial charge in [-0.3, -0.25) is 4.79 Å². The van der Waals surface area contributed by atoms with Crippen LogP contribution in [0.4, 0.5) is 11.4 Å². The number of benzene rings is 2. The molecule has 1 saturated heterocycles. The highest BCUT2D eigenvalue weighted by atomic mass is 79.9. The summed E-state index contributed by atoms with van der Waals surface area (Å²) >= 11 is 15.6. The molecule has 2 aromatic carbocycles. The largest absolute Gasteiger partial charge is 0.482 e. The van der Waals surface area contributed by atoms with Gasteiger partial charge in [0.25, 0.3) is 5.91 Å². The van der Waals surface area contributed by atoms with Gasteiger partial charge in [0.05, 0.1) is 16.4 Å². The van der Waals surface area contributed by atoms with Crippen molar-refractivity contribution in [3.05, 3.63) is 50.9 Å². The molecule has 0 aromatic heterocycles. The number of anilines is 2. The predicted molar refractivity (Wildman–Crippen MR) is 114 cm³/mol. The number of nitrogens with zero attached hydrogens (tertiary/aromatic N) is 2. The number of amides is 1. The van der Waals surface area contributed by atoms with E-state index < -0.39 is 0 Å². The molecule has 0 saturated carbocycles. The fourth-order valence-electron chi connectivity index (χ4n) is 2.85. The normalized spacial score (nSPS) is 14.9. The number of carbonyl (C=O) groups excluding carboxylic acids is 1. The molecule has 27 heavy (non-hydrogen) atoms. The number of rotatable bonds is 5. The minimum absolute atomic E-state index is 0.143. The van der Waals surface area contributed by atoms with Gasteiger partial charge in [-0.05, 0) is 43.4 Å². The van der Waals surface area contributed by atoms with Crippen molar-refractivity contribution in [2.24, 2.45) is 0 Å². The zero-order chi connectivity index (χ0) is 19.4. The SMILES string of the molecule is CN1CCN(c2ccc(Cl)cc2NC(=O)COc2ccc(Br)cc2Cl)CC1. The molecule has 5 nitrogen and oxygen atoms in total. The van der Waals surface area contributed by atoms with Gasteiger partial charge in [0, 0.05) is 35.7 Å². The van der Waals surface area contributed by atoms with Crippen LogP contribution in [0.2, 0.25) is 10.0 Å². The van der Waals surface area contributed by atoms with Gasteiger partial charge >= 0.3 is 0 Å². The first-order chi connectivity index (χ1) is 12.9. The third kappa shape index (κ3) is 5.51. The highest BCUT2D eigenvalue weighted by molar-refractivity contribution is 9.10. The first kappa shape index (κ1) is 20.3. The molecule has 3 rings (SSSR count). The molecule has 1 aliphatic rings. The van der Waals surface area contributed by atoms with Crippen molar-refractivity contribution >= 4 is 56.4 Å². The van der Waals surface area contributed by atoms with Crippen LogP contribution in [0.1, 0.15) is 0 Å². The van der Waals surface area contributed by atoms with Crippen molar-refractivity contribution in [1.82, 2.24) is 4.90 Å². The van der Waals surface area contributed by atoms with E-state index in [0.29, 0.717) is 21.5 Å². The number of ether oxygens (including phenoxy) is 1. The molecule has 1 amide bonds. The second kappa shape index (κ2) is 9.15. The summed E-state index contributed by atoms with van der Waals surface area (Å²) in [7, 11) is 2.10. The lowest BCUT2D eigenvalue weighted by Crippen LogP contribution is -2.44. The monoisotopic (exact) mass is 471 g/mol. The van der Waals surface area contributed by atoms with E-state index in [4.69, 9.17) is 27.9 Å². The van der Waals surface area contributed by atoms with Crippen LogP contribution in [-0.2, 0) is 4.79 Å². The number of hydrogen-bond donors (Lipinski definition) is 1. The van der Waals surface area contributed by atoms with E-state index in [1.807, 2.05) is 18.2 Å². The van der Waals surface area contributed by atoms with Gasteiger partial charge in [-0.25, -0.2) is 0 Å². The number of hydrogen-bond acceptors (Lipinski definition) is 4. The van der Waals surface area contributed by atoms with Crippen LogP contribution in [0.15, 0.2) is 40.9 Å². The lowest BCUT2D eigenvalue weighted by Gasteiger charge is -2.35. The molecule has 1 fully saturated rings. The zero-order valence-electron chi connectivity index (χ0n) is 14.8. The first-order valence-corrected chi connectivity index (χ1v) is 10.1. The Hall–Kier alpha value is -1.47. The number of piperazine rings is 1. The molecular formula is C19H20BrCl2N3O2.